The Hall–Kier alpha value is -1.05. The number of rotatable bonds is 1. The summed E-state index contributed by atoms with van der Waals surface area (Å²) in [6, 6.07) is 0. The number of ether oxygens (including phenoxy) is 1. The van der Waals surface area contributed by atoms with Gasteiger partial charge in [0.25, 0.3) is 0 Å². The summed E-state index contributed by atoms with van der Waals surface area (Å²) in [5.41, 5.74) is 1.26. The molecule has 0 saturated heterocycles. The number of hydrogen-bond acceptors (Lipinski definition) is 2. The largest absolute Gasteiger partial charge is 0.461 e. The van der Waals surface area contributed by atoms with E-state index in [4.69, 9.17) is 4.74 Å². The van der Waals surface area contributed by atoms with E-state index in [2.05, 4.69) is 12.2 Å². The molecule has 1 aliphatic heterocycles. The lowest BCUT2D eigenvalue weighted by atomic mass is 9.90. The van der Waals surface area contributed by atoms with E-state index in [9.17, 15) is 4.79 Å². The lowest BCUT2D eigenvalue weighted by molar-refractivity contribution is -0.148. The molecular weight excluding hydrogens is 188 g/mol. The summed E-state index contributed by atoms with van der Waals surface area (Å²) in [4.78, 5) is 11.7. The Kier molecular flexibility index (Phi) is 1.98. The molecule has 0 aromatic carbocycles. The molecule has 1 heterocycles. The van der Waals surface area contributed by atoms with Crippen LogP contribution < -0.4 is 0 Å². The van der Waals surface area contributed by atoms with E-state index >= 15 is 0 Å². The summed E-state index contributed by atoms with van der Waals surface area (Å²) in [6.45, 7) is 0.465. The second kappa shape index (κ2) is 3.22. The third-order valence-electron chi connectivity index (χ3n) is 3.88. The van der Waals surface area contributed by atoms with Crippen molar-refractivity contribution in [3.05, 3.63) is 23.8 Å². The van der Waals surface area contributed by atoms with Crippen molar-refractivity contribution < 1.29 is 9.53 Å². The number of hydrogen-bond donors (Lipinski definition) is 0. The average Bonchev–Trinajstić information content (AvgIpc) is 3.00. The number of esters is 1. The van der Waals surface area contributed by atoms with Gasteiger partial charge in [-0.15, -0.1) is 0 Å². The van der Waals surface area contributed by atoms with Gasteiger partial charge >= 0.3 is 5.97 Å². The van der Waals surface area contributed by atoms with Crippen molar-refractivity contribution in [3.8, 4) is 0 Å². The van der Waals surface area contributed by atoms with Crippen LogP contribution in [-0.2, 0) is 9.53 Å². The van der Waals surface area contributed by atoms with Crippen molar-refractivity contribution >= 4 is 5.97 Å². The first-order valence-corrected chi connectivity index (χ1v) is 5.87. The molecule has 0 amide bonds. The third-order valence-corrected chi connectivity index (χ3v) is 3.88. The van der Waals surface area contributed by atoms with Crippen molar-refractivity contribution in [1.82, 2.24) is 0 Å². The summed E-state index contributed by atoms with van der Waals surface area (Å²) in [5, 5.41) is 0. The van der Waals surface area contributed by atoms with Gasteiger partial charge in [0.1, 0.15) is 6.61 Å². The van der Waals surface area contributed by atoms with E-state index in [0.29, 0.717) is 12.5 Å². The molecule has 0 N–H and O–H groups in total. The molecule has 1 unspecified atom stereocenters. The first-order valence-electron chi connectivity index (χ1n) is 5.87. The number of carbonyl (C=O) groups excluding carboxylic acids is 1. The van der Waals surface area contributed by atoms with Crippen LogP contribution in [0.1, 0.15) is 32.1 Å². The lowest BCUT2D eigenvalue weighted by Gasteiger charge is -2.19. The molecule has 80 valence electrons. The van der Waals surface area contributed by atoms with Crippen LogP contribution in [0.25, 0.3) is 0 Å². The Labute approximate surface area is 90.0 Å². The number of allylic oxidation sites excluding steroid dienone is 2. The van der Waals surface area contributed by atoms with Crippen molar-refractivity contribution in [2.45, 2.75) is 32.1 Å². The van der Waals surface area contributed by atoms with Crippen LogP contribution in [0.4, 0.5) is 0 Å². The first-order chi connectivity index (χ1) is 7.33. The monoisotopic (exact) mass is 204 g/mol. The maximum atomic E-state index is 11.7. The number of cyclic esters (lactones) is 1. The molecule has 1 saturated carbocycles. The molecule has 2 heteroatoms. The molecule has 0 radical (unpaired) electrons. The fraction of sp³-hybridized carbons (Fsp3) is 0.615. The van der Waals surface area contributed by atoms with E-state index in [-0.39, 0.29) is 11.4 Å². The predicted octanol–water partition coefficient (Wildman–Crippen LogP) is 2.61. The number of carbonyl (C=O) groups is 1. The van der Waals surface area contributed by atoms with Gasteiger partial charge in [-0.3, -0.25) is 4.79 Å². The van der Waals surface area contributed by atoms with Gasteiger partial charge in [0.15, 0.2) is 0 Å². The minimum atomic E-state index is -0.249. The summed E-state index contributed by atoms with van der Waals surface area (Å²) < 4.78 is 5.12. The standard InChI is InChI=1S/C13H16O2/c14-12-13(7-4-8-15-12)9-11(13)10-5-2-1-3-6-10/h4-5,7,11H,1-3,6,8-9H2/t11-,13?/m0/s1. The SMILES string of the molecule is O=C1OCC=CC12C[C@H]2C1=CCCCC1. The van der Waals surface area contributed by atoms with Crippen LogP contribution in [0.15, 0.2) is 23.8 Å². The fourth-order valence-electron chi connectivity index (χ4n) is 2.91. The summed E-state index contributed by atoms with van der Waals surface area (Å²) in [7, 11) is 0. The van der Waals surface area contributed by atoms with E-state index in [0.717, 1.165) is 6.42 Å². The van der Waals surface area contributed by atoms with Gasteiger partial charge in [-0.05, 0) is 32.1 Å². The molecular formula is C13H16O2. The molecule has 15 heavy (non-hydrogen) atoms. The van der Waals surface area contributed by atoms with Gasteiger partial charge < -0.3 is 4.74 Å². The van der Waals surface area contributed by atoms with Gasteiger partial charge in [0, 0.05) is 5.92 Å². The molecule has 3 aliphatic rings. The summed E-state index contributed by atoms with van der Waals surface area (Å²) >= 11 is 0. The molecule has 1 spiro atoms. The van der Waals surface area contributed by atoms with Crippen LogP contribution in [-0.4, -0.2) is 12.6 Å². The minimum Gasteiger partial charge on any atom is -0.461 e. The summed E-state index contributed by atoms with van der Waals surface area (Å²) in [6.07, 6.45) is 12.4. The fourth-order valence-corrected chi connectivity index (χ4v) is 2.91. The lowest BCUT2D eigenvalue weighted by Crippen LogP contribution is -2.23. The smallest absolute Gasteiger partial charge is 0.316 e. The van der Waals surface area contributed by atoms with Crippen molar-refractivity contribution in [2.75, 3.05) is 6.61 Å². The average molecular weight is 204 g/mol. The molecule has 2 atom stereocenters. The van der Waals surface area contributed by atoms with Crippen molar-refractivity contribution in [1.29, 1.82) is 0 Å². The Morgan fingerprint density at radius 2 is 2.33 bits per heavy atom. The van der Waals surface area contributed by atoms with Gasteiger partial charge in [0.2, 0.25) is 0 Å². The molecule has 2 nitrogen and oxygen atoms in total. The highest BCUT2D eigenvalue weighted by Gasteiger charge is 2.61. The second-order valence-corrected chi connectivity index (χ2v) is 4.82. The van der Waals surface area contributed by atoms with Crippen LogP contribution in [0.3, 0.4) is 0 Å². The molecule has 1 fully saturated rings. The zero-order valence-corrected chi connectivity index (χ0v) is 8.87. The van der Waals surface area contributed by atoms with Crippen molar-refractivity contribution in [3.63, 3.8) is 0 Å². The molecule has 3 rings (SSSR count). The molecule has 0 bridgehead atoms. The summed E-state index contributed by atoms with van der Waals surface area (Å²) in [5.74, 6) is 0.461. The van der Waals surface area contributed by atoms with E-state index in [1.165, 1.54) is 31.3 Å². The maximum absolute atomic E-state index is 11.7. The second-order valence-electron chi connectivity index (χ2n) is 4.82. The minimum absolute atomic E-state index is 0.00136. The zero-order chi connectivity index (χ0) is 10.3. The van der Waals surface area contributed by atoms with Crippen LogP contribution in [0.5, 0.6) is 0 Å². The Morgan fingerprint density at radius 3 is 3.07 bits per heavy atom. The predicted molar refractivity (Wildman–Crippen MR) is 57.2 cm³/mol. The van der Waals surface area contributed by atoms with Gasteiger partial charge in [-0.25, -0.2) is 0 Å². The highest BCUT2D eigenvalue weighted by Crippen LogP contribution is 2.60. The van der Waals surface area contributed by atoms with E-state index in [1.54, 1.807) is 0 Å². The quantitative estimate of drug-likeness (QED) is 0.485. The van der Waals surface area contributed by atoms with Crippen LogP contribution >= 0.6 is 0 Å². The third kappa shape index (κ3) is 1.35. The molecule has 0 aromatic rings. The van der Waals surface area contributed by atoms with Crippen molar-refractivity contribution in [2.24, 2.45) is 11.3 Å². The van der Waals surface area contributed by atoms with E-state index < -0.39 is 0 Å². The Bertz CT molecular complexity index is 354. The zero-order valence-electron chi connectivity index (χ0n) is 8.87. The van der Waals surface area contributed by atoms with Crippen LogP contribution in [0, 0.1) is 11.3 Å². The van der Waals surface area contributed by atoms with Gasteiger partial charge in [-0.1, -0.05) is 23.8 Å². The van der Waals surface area contributed by atoms with Crippen LogP contribution in [0.2, 0.25) is 0 Å². The topological polar surface area (TPSA) is 26.3 Å². The van der Waals surface area contributed by atoms with Gasteiger partial charge in [0.05, 0.1) is 5.41 Å². The molecule has 2 aliphatic carbocycles. The Morgan fingerprint density at radius 1 is 1.40 bits per heavy atom. The first kappa shape index (κ1) is 9.20. The Balaban J connectivity index is 1.81. The van der Waals surface area contributed by atoms with E-state index in [1.807, 2.05) is 6.08 Å². The van der Waals surface area contributed by atoms with Gasteiger partial charge in [-0.2, -0.15) is 0 Å². The normalized spacial score (nSPS) is 38.8. The maximum Gasteiger partial charge on any atom is 0.316 e. The highest BCUT2D eigenvalue weighted by atomic mass is 16.5. The molecule has 0 aromatic heterocycles. The highest BCUT2D eigenvalue weighted by molar-refractivity contribution is 5.85.